The van der Waals surface area contributed by atoms with Gasteiger partial charge in [0, 0.05) is 56.6 Å². The molecule has 2 aliphatic rings. The van der Waals surface area contributed by atoms with E-state index in [1.54, 1.807) is 7.11 Å². The van der Waals surface area contributed by atoms with Gasteiger partial charge < -0.3 is 29.7 Å². The van der Waals surface area contributed by atoms with Gasteiger partial charge in [0.25, 0.3) is 0 Å². The van der Waals surface area contributed by atoms with Gasteiger partial charge in [-0.3, -0.25) is 9.59 Å². The van der Waals surface area contributed by atoms with Crippen molar-refractivity contribution >= 4 is 17.9 Å². The molecule has 3 amide bonds. The lowest BCUT2D eigenvalue weighted by Crippen LogP contribution is -2.31. The summed E-state index contributed by atoms with van der Waals surface area (Å²) in [4.78, 5) is 41.4. The minimum Gasteiger partial charge on any atom is -0.496 e. The Morgan fingerprint density at radius 1 is 0.562 bits per heavy atom. The first kappa shape index (κ1) is 63.9. The van der Waals surface area contributed by atoms with Crippen LogP contribution in [0, 0.1) is 0 Å². The Labute approximate surface area is 484 Å². The summed E-state index contributed by atoms with van der Waals surface area (Å²) in [5.41, 5.74) is 8.48. The van der Waals surface area contributed by atoms with Gasteiger partial charge in [-0.2, -0.15) is 0 Å². The van der Waals surface area contributed by atoms with E-state index in [4.69, 9.17) is 14.2 Å². The van der Waals surface area contributed by atoms with Crippen LogP contribution >= 0.6 is 0 Å². The molecule has 0 unspecified atom stereocenters. The molecule has 2 aliphatic carbocycles. The normalized spacial score (nSPS) is 13.8. The van der Waals surface area contributed by atoms with Crippen molar-refractivity contribution in [2.45, 2.75) is 250 Å². The van der Waals surface area contributed by atoms with E-state index < -0.39 is 0 Å². The molecule has 0 radical (unpaired) electrons. The molecule has 1 saturated carbocycles. The number of ether oxygens (including phenoxy) is 3. The number of nitrogens with one attached hydrogen (secondary N) is 2. The second-order valence-corrected chi connectivity index (χ2v) is 23.4. The summed E-state index contributed by atoms with van der Waals surface area (Å²) in [6.45, 7) is 5.48. The molecule has 1 fully saturated rings. The van der Waals surface area contributed by atoms with Gasteiger partial charge in [-0.25, -0.2) is 4.79 Å². The third-order valence-corrected chi connectivity index (χ3v) is 17.0. The van der Waals surface area contributed by atoms with E-state index in [0.29, 0.717) is 63.8 Å². The molecule has 0 spiro atoms. The van der Waals surface area contributed by atoms with Crippen molar-refractivity contribution in [2.24, 2.45) is 0 Å². The van der Waals surface area contributed by atoms with Crippen molar-refractivity contribution < 1.29 is 28.6 Å². The molecule has 0 saturated heterocycles. The van der Waals surface area contributed by atoms with E-state index in [9.17, 15) is 14.4 Å². The fraction of sp³-hybridized carbons (Fsp3) is 0.620. The molecule has 2 N–H and O–H groups in total. The fourth-order valence-corrected chi connectivity index (χ4v) is 12.2. The lowest BCUT2D eigenvalue weighted by Gasteiger charge is -2.24. The Morgan fingerprint density at radius 2 is 1.11 bits per heavy atom. The molecular formula is C71H105N3O6. The van der Waals surface area contributed by atoms with Crippen LogP contribution in [0.3, 0.4) is 0 Å². The smallest absolute Gasteiger partial charge is 0.407 e. The molecule has 80 heavy (non-hydrogen) atoms. The van der Waals surface area contributed by atoms with Gasteiger partial charge in [0.2, 0.25) is 11.8 Å². The third-order valence-electron chi connectivity index (χ3n) is 17.0. The van der Waals surface area contributed by atoms with Crippen LogP contribution in [0.4, 0.5) is 4.79 Å². The highest BCUT2D eigenvalue weighted by Gasteiger charge is 2.29. The van der Waals surface area contributed by atoms with Gasteiger partial charge >= 0.3 is 6.09 Å². The van der Waals surface area contributed by atoms with Crippen LogP contribution < -0.4 is 20.1 Å². The predicted octanol–water partition coefficient (Wildman–Crippen LogP) is 18.6. The number of carbonyl (C=O) groups excluding carboxylic acids is 3. The molecule has 4 aromatic carbocycles. The minimum absolute atomic E-state index is 0.0352. The highest BCUT2D eigenvalue weighted by molar-refractivity contribution is 5.79. The van der Waals surface area contributed by atoms with Gasteiger partial charge in [0.15, 0.2) is 0 Å². The molecule has 4 aromatic rings. The third kappa shape index (κ3) is 24.0. The summed E-state index contributed by atoms with van der Waals surface area (Å²) in [7, 11) is 1.69. The Bertz CT molecular complexity index is 2280. The first-order chi connectivity index (χ1) is 39.4. The number of hydrogen-bond donors (Lipinski definition) is 2. The van der Waals surface area contributed by atoms with Crippen LogP contribution in [0.5, 0.6) is 11.5 Å². The average Bonchev–Trinajstić information content (AvgIpc) is 3.82. The lowest BCUT2D eigenvalue weighted by atomic mass is 9.86. The molecule has 6 rings (SSSR count). The van der Waals surface area contributed by atoms with E-state index in [2.05, 4.69) is 95.3 Å². The number of carbonyl (C=O) groups is 3. The van der Waals surface area contributed by atoms with E-state index >= 15 is 0 Å². The highest BCUT2D eigenvalue weighted by atomic mass is 16.5. The predicted molar refractivity (Wildman–Crippen MR) is 331 cm³/mol. The van der Waals surface area contributed by atoms with Crippen molar-refractivity contribution in [3.8, 4) is 22.6 Å². The molecule has 0 aliphatic heterocycles. The maximum Gasteiger partial charge on any atom is 0.407 e. The number of benzene rings is 4. The van der Waals surface area contributed by atoms with E-state index in [1.165, 1.54) is 163 Å². The van der Waals surface area contributed by atoms with Gasteiger partial charge in [-0.05, 0) is 90.0 Å². The summed E-state index contributed by atoms with van der Waals surface area (Å²) in [6, 6.07) is 31.7. The zero-order chi connectivity index (χ0) is 56.1. The summed E-state index contributed by atoms with van der Waals surface area (Å²) in [5, 5.41) is 6.07. The zero-order valence-corrected chi connectivity index (χ0v) is 50.0. The molecule has 9 nitrogen and oxygen atoms in total. The molecular weight excluding hydrogens is 991 g/mol. The number of alkyl carbamates (subject to hydrolysis) is 1. The van der Waals surface area contributed by atoms with Crippen LogP contribution in [-0.2, 0) is 27.4 Å². The van der Waals surface area contributed by atoms with Gasteiger partial charge in [0.05, 0.1) is 13.7 Å². The van der Waals surface area contributed by atoms with Gasteiger partial charge in [0.1, 0.15) is 18.1 Å². The minimum atomic E-state index is -0.343. The van der Waals surface area contributed by atoms with Crippen molar-refractivity contribution in [1.29, 1.82) is 0 Å². The van der Waals surface area contributed by atoms with Gasteiger partial charge in [-0.15, -0.1) is 0 Å². The first-order valence-corrected chi connectivity index (χ1v) is 32.4. The lowest BCUT2D eigenvalue weighted by molar-refractivity contribution is -0.132. The zero-order valence-electron chi connectivity index (χ0n) is 50.0. The summed E-state index contributed by atoms with van der Waals surface area (Å²) in [5.74, 6) is 2.41. The van der Waals surface area contributed by atoms with E-state index in [0.717, 1.165) is 87.6 Å². The first-order valence-electron chi connectivity index (χ1n) is 32.4. The topological polar surface area (TPSA) is 106 Å². The van der Waals surface area contributed by atoms with Crippen LogP contribution in [0.15, 0.2) is 91.0 Å². The van der Waals surface area contributed by atoms with Crippen LogP contribution in [0.1, 0.15) is 265 Å². The largest absolute Gasteiger partial charge is 0.496 e. The Hall–Kier alpha value is -5.31. The highest BCUT2D eigenvalue weighted by Crippen LogP contribution is 2.44. The number of rotatable bonds is 39. The fourth-order valence-electron chi connectivity index (χ4n) is 12.2. The maximum atomic E-state index is 13.9. The summed E-state index contributed by atoms with van der Waals surface area (Å²) >= 11 is 0. The summed E-state index contributed by atoms with van der Waals surface area (Å²) < 4.78 is 17.7. The number of hydrogen-bond acceptors (Lipinski definition) is 6. The van der Waals surface area contributed by atoms with Crippen molar-refractivity contribution in [3.05, 3.63) is 119 Å². The summed E-state index contributed by atoms with van der Waals surface area (Å²) in [6.07, 6.45) is 40.2. The standard InChI is InChI=1S/C71H105N3O6/c1-3-4-5-6-7-8-9-10-11-12-15-21-26-35-52-74(70(76)44-29-24-19-13-14-20-25-34-51-72-71(77)80-57-67-65-41-32-30-39-63(65)64-40-31-33-42-66(64)67)56-61-49-50-62(54-68(61)78-2)79-53-36-43-69(75)73-55-58-45-47-60(48-46-58)59-37-27-22-17-16-18-23-28-38-59/h30-33,39-42,45-50,54,59,67H,3-29,34-38,43-44,51-53,55-57H2,1-2H3,(H,72,77)(H,73,75). The molecule has 0 aromatic heterocycles. The van der Waals surface area contributed by atoms with Crippen LogP contribution in [-0.4, -0.2) is 56.2 Å². The monoisotopic (exact) mass is 1100 g/mol. The molecule has 0 heterocycles. The Morgan fingerprint density at radius 3 is 1.71 bits per heavy atom. The molecule has 9 heteroatoms. The van der Waals surface area contributed by atoms with Crippen LogP contribution in [0.2, 0.25) is 0 Å². The number of fused-ring (bicyclic) bond motifs is 3. The molecule has 0 bridgehead atoms. The Balaban J connectivity index is 0.854. The maximum absolute atomic E-state index is 13.9. The second kappa shape index (κ2) is 39.2. The van der Waals surface area contributed by atoms with E-state index in [-0.39, 0.29) is 23.8 Å². The van der Waals surface area contributed by atoms with Crippen LogP contribution in [0.25, 0.3) is 11.1 Å². The number of methoxy groups -OCH3 is 1. The molecule has 440 valence electrons. The van der Waals surface area contributed by atoms with E-state index in [1.807, 2.05) is 18.2 Å². The second-order valence-electron chi connectivity index (χ2n) is 23.4. The average molecular weight is 1100 g/mol. The molecule has 0 atom stereocenters. The van der Waals surface area contributed by atoms with Crippen molar-refractivity contribution in [3.63, 3.8) is 0 Å². The number of nitrogens with zero attached hydrogens (tertiary/aromatic N) is 1. The quantitative estimate of drug-likeness (QED) is 0.0431. The van der Waals surface area contributed by atoms with Gasteiger partial charge in [-0.1, -0.05) is 247 Å². The van der Waals surface area contributed by atoms with Crippen molar-refractivity contribution in [1.82, 2.24) is 15.5 Å². The number of unbranched alkanes of at least 4 members (excludes halogenated alkanes) is 20. The Kier molecular flexibility index (Phi) is 31.3. The SMILES string of the molecule is CCCCCCCCCCCCCCCCN(Cc1ccc(OCCCC(=O)NCc2ccc(C3CCCCCCCCC3)cc2)cc1OC)C(=O)CCCCCCCCCCNC(=O)OCC1c2ccccc2-c2ccccc21. The van der Waals surface area contributed by atoms with Crippen molar-refractivity contribution in [2.75, 3.05) is 33.4 Å². The number of amides is 3.